The van der Waals surface area contributed by atoms with Gasteiger partial charge in [-0.15, -0.1) is 0 Å². The SMILES string of the molecule is CC1CCN(CC(=O)N[C@H]2CCCO[C@@H]2c2cnn(C)c2)CC1. The third-order valence-corrected chi connectivity index (χ3v) is 4.97. The van der Waals surface area contributed by atoms with E-state index in [1.54, 1.807) is 4.68 Å². The Morgan fingerprint density at radius 1 is 1.39 bits per heavy atom. The van der Waals surface area contributed by atoms with Crippen molar-refractivity contribution in [1.82, 2.24) is 20.0 Å². The fourth-order valence-corrected chi connectivity index (χ4v) is 3.52. The van der Waals surface area contributed by atoms with Crippen LogP contribution in [0.2, 0.25) is 0 Å². The number of aryl methyl sites for hydroxylation is 1. The number of nitrogens with zero attached hydrogens (tertiary/aromatic N) is 3. The number of hydrogen-bond donors (Lipinski definition) is 1. The zero-order valence-electron chi connectivity index (χ0n) is 14.2. The van der Waals surface area contributed by atoms with Gasteiger partial charge >= 0.3 is 0 Å². The highest BCUT2D eigenvalue weighted by atomic mass is 16.5. The van der Waals surface area contributed by atoms with Crippen LogP contribution in [0.3, 0.4) is 0 Å². The van der Waals surface area contributed by atoms with Crippen molar-refractivity contribution in [3.05, 3.63) is 18.0 Å². The summed E-state index contributed by atoms with van der Waals surface area (Å²) >= 11 is 0. The Morgan fingerprint density at radius 2 is 2.17 bits per heavy atom. The second-order valence-corrected chi connectivity index (χ2v) is 7.01. The van der Waals surface area contributed by atoms with E-state index >= 15 is 0 Å². The number of amides is 1. The number of aromatic nitrogens is 2. The topological polar surface area (TPSA) is 59.4 Å². The van der Waals surface area contributed by atoms with Crippen LogP contribution in [0.15, 0.2) is 12.4 Å². The summed E-state index contributed by atoms with van der Waals surface area (Å²) in [7, 11) is 1.90. The van der Waals surface area contributed by atoms with Gasteiger partial charge in [0, 0.05) is 25.4 Å². The molecule has 2 fully saturated rings. The highest BCUT2D eigenvalue weighted by Crippen LogP contribution is 2.28. The van der Waals surface area contributed by atoms with Crippen LogP contribution >= 0.6 is 0 Å². The molecule has 3 rings (SSSR count). The molecule has 1 amide bonds. The molecule has 0 aromatic carbocycles. The molecule has 2 aliphatic heterocycles. The van der Waals surface area contributed by atoms with Gasteiger partial charge in [0.05, 0.1) is 18.8 Å². The Hall–Kier alpha value is -1.40. The van der Waals surface area contributed by atoms with Crippen LogP contribution in [0.25, 0.3) is 0 Å². The first-order valence-electron chi connectivity index (χ1n) is 8.73. The zero-order valence-corrected chi connectivity index (χ0v) is 14.2. The van der Waals surface area contributed by atoms with Gasteiger partial charge in [-0.05, 0) is 44.7 Å². The minimum absolute atomic E-state index is 0.0455. The largest absolute Gasteiger partial charge is 0.371 e. The van der Waals surface area contributed by atoms with Crippen molar-refractivity contribution < 1.29 is 9.53 Å². The van der Waals surface area contributed by atoms with Gasteiger partial charge in [0.1, 0.15) is 6.10 Å². The first kappa shape index (κ1) is 16.5. The van der Waals surface area contributed by atoms with Crippen LogP contribution in [-0.4, -0.2) is 52.9 Å². The Labute approximate surface area is 138 Å². The average Bonchev–Trinajstić information content (AvgIpc) is 2.96. The first-order chi connectivity index (χ1) is 11.1. The fourth-order valence-electron chi connectivity index (χ4n) is 3.52. The molecule has 0 bridgehead atoms. The van der Waals surface area contributed by atoms with Gasteiger partial charge < -0.3 is 10.1 Å². The molecule has 0 spiro atoms. The molecule has 3 heterocycles. The number of hydrogen-bond acceptors (Lipinski definition) is 4. The van der Waals surface area contributed by atoms with Gasteiger partial charge in [0.2, 0.25) is 5.91 Å². The van der Waals surface area contributed by atoms with Crippen LogP contribution in [0.4, 0.5) is 0 Å². The molecule has 0 radical (unpaired) electrons. The molecule has 0 unspecified atom stereocenters. The van der Waals surface area contributed by atoms with Crippen molar-refractivity contribution in [2.24, 2.45) is 13.0 Å². The third-order valence-electron chi connectivity index (χ3n) is 4.97. The minimum Gasteiger partial charge on any atom is -0.371 e. The predicted octanol–water partition coefficient (Wildman–Crippen LogP) is 1.49. The van der Waals surface area contributed by atoms with E-state index in [2.05, 4.69) is 22.2 Å². The minimum atomic E-state index is -0.0808. The molecule has 6 heteroatoms. The molecule has 1 aromatic rings. The molecule has 128 valence electrons. The van der Waals surface area contributed by atoms with E-state index in [1.165, 1.54) is 12.8 Å². The maximum atomic E-state index is 12.4. The normalized spacial score (nSPS) is 27.0. The van der Waals surface area contributed by atoms with Gasteiger partial charge in [0.25, 0.3) is 0 Å². The molecule has 1 aromatic heterocycles. The lowest BCUT2D eigenvalue weighted by molar-refractivity contribution is -0.125. The average molecular weight is 320 g/mol. The number of ether oxygens (including phenoxy) is 1. The van der Waals surface area contributed by atoms with E-state index in [0.717, 1.165) is 44.0 Å². The van der Waals surface area contributed by atoms with Gasteiger partial charge in [-0.1, -0.05) is 6.92 Å². The van der Waals surface area contributed by atoms with Crippen molar-refractivity contribution >= 4 is 5.91 Å². The maximum absolute atomic E-state index is 12.4. The molecular weight excluding hydrogens is 292 g/mol. The van der Waals surface area contributed by atoms with Crippen molar-refractivity contribution in [3.63, 3.8) is 0 Å². The summed E-state index contributed by atoms with van der Waals surface area (Å²) in [6, 6.07) is 0.0455. The van der Waals surface area contributed by atoms with Crippen molar-refractivity contribution in [3.8, 4) is 0 Å². The second-order valence-electron chi connectivity index (χ2n) is 7.01. The molecular formula is C17H28N4O2. The number of carbonyl (C=O) groups is 1. The molecule has 6 nitrogen and oxygen atoms in total. The zero-order chi connectivity index (χ0) is 16.2. The van der Waals surface area contributed by atoms with E-state index in [-0.39, 0.29) is 18.1 Å². The van der Waals surface area contributed by atoms with Crippen LogP contribution in [-0.2, 0) is 16.6 Å². The van der Waals surface area contributed by atoms with Gasteiger partial charge in [-0.25, -0.2) is 0 Å². The number of piperidine rings is 1. The van der Waals surface area contributed by atoms with E-state index in [4.69, 9.17) is 4.74 Å². The third kappa shape index (κ3) is 4.32. The predicted molar refractivity (Wildman–Crippen MR) is 87.9 cm³/mol. The summed E-state index contributed by atoms with van der Waals surface area (Å²) in [5, 5.41) is 7.41. The Bertz CT molecular complexity index is 522. The van der Waals surface area contributed by atoms with Gasteiger partial charge in [-0.3, -0.25) is 14.4 Å². The quantitative estimate of drug-likeness (QED) is 0.913. The number of nitrogens with one attached hydrogen (secondary N) is 1. The molecule has 0 saturated carbocycles. The summed E-state index contributed by atoms with van der Waals surface area (Å²) in [6.45, 7) is 5.60. The Morgan fingerprint density at radius 3 is 2.87 bits per heavy atom. The number of carbonyl (C=O) groups excluding carboxylic acids is 1. The van der Waals surface area contributed by atoms with Crippen molar-refractivity contribution in [1.29, 1.82) is 0 Å². The van der Waals surface area contributed by atoms with Crippen LogP contribution in [0, 0.1) is 5.92 Å². The second kappa shape index (κ2) is 7.45. The lowest BCUT2D eigenvalue weighted by Gasteiger charge is -2.33. The van der Waals surface area contributed by atoms with Crippen molar-refractivity contribution in [2.75, 3.05) is 26.2 Å². The molecule has 1 N–H and O–H groups in total. The maximum Gasteiger partial charge on any atom is 0.234 e. The van der Waals surface area contributed by atoms with Crippen LogP contribution in [0.1, 0.15) is 44.3 Å². The van der Waals surface area contributed by atoms with Gasteiger partial charge in [-0.2, -0.15) is 5.10 Å². The fraction of sp³-hybridized carbons (Fsp3) is 0.765. The molecule has 2 saturated heterocycles. The Balaban J connectivity index is 1.55. The smallest absolute Gasteiger partial charge is 0.234 e. The van der Waals surface area contributed by atoms with Gasteiger partial charge in [0.15, 0.2) is 0 Å². The molecule has 2 atom stereocenters. The highest BCUT2D eigenvalue weighted by Gasteiger charge is 2.30. The van der Waals surface area contributed by atoms with Crippen molar-refractivity contribution in [2.45, 2.75) is 44.8 Å². The number of likely N-dealkylation sites (tertiary alicyclic amines) is 1. The summed E-state index contributed by atoms with van der Waals surface area (Å²) in [6.07, 6.45) is 8.06. The van der Waals surface area contributed by atoms with E-state index in [0.29, 0.717) is 6.54 Å². The monoisotopic (exact) mass is 320 g/mol. The number of rotatable bonds is 4. The molecule has 0 aliphatic carbocycles. The molecule has 2 aliphatic rings. The summed E-state index contributed by atoms with van der Waals surface area (Å²) in [5.74, 6) is 0.903. The van der Waals surface area contributed by atoms with E-state index < -0.39 is 0 Å². The summed E-state index contributed by atoms with van der Waals surface area (Å²) in [4.78, 5) is 14.7. The van der Waals surface area contributed by atoms with Crippen LogP contribution in [0.5, 0.6) is 0 Å². The van der Waals surface area contributed by atoms with Crippen LogP contribution < -0.4 is 5.32 Å². The standard InChI is InChI=1S/C17H28N4O2/c1-13-5-7-21(8-6-13)12-16(22)19-15-4-3-9-23-17(15)14-10-18-20(2)11-14/h10-11,13,15,17H,3-9,12H2,1-2H3,(H,19,22)/t15-,17+/m0/s1. The summed E-state index contributed by atoms with van der Waals surface area (Å²) in [5.41, 5.74) is 1.05. The lowest BCUT2D eigenvalue weighted by atomic mass is 9.97. The Kier molecular flexibility index (Phi) is 5.33. The first-order valence-corrected chi connectivity index (χ1v) is 8.73. The summed E-state index contributed by atoms with van der Waals surface area (Å²) < 4.78 is 7.69. The van der Waals surface area contributed by atoms with E-state index in [9.17, 15) is 4.79 Å². The lowest BCUT2D eigenvalue weighted by Crippen LogP contribution is -2.47. The highest BCUT2D eigenvalue weighted by molar-refractivity contribution is 5.78. The van der Waals surface area contributed by atoms with E-state index in [1.807, 2.05) is 19.4 Å². The molecule has 23 heavy (non-hydrogen) atoms.